The summed E-state index contributed by atoms with van der Waals surface area (Å²) in [6.07, 6.45) is 7.54. The molecule has 1 aliphatic carbocycles. The van der Waals surface area contributed by atoms with Crippen molar-refractivity contribution in [2.45, 2.75) is 95.0 Å². The van der Waals surface area contributed by atoms with Gasteiger partial charge in [0, 0.05) is 23.9 Å². The third kappa shape index (κ3) is 8.20. The molecule has 4 rings (SSSR count). The van der Waals surface area contributed by atoms with E-state index >= 15 is 0 Å². The largest absolute Gasteiger partial charge is 0.488 e. The summed E-state index contributed by atoms with van der Waals surface area (Å²) in [5.41, 5.74) is -1.50. The maximum absolute atomic E-state index is 14.2. The molecule has 2 aromatic rings. The van der Waals surface area contributed by atoms with Crippen LogP contribution in [0, 0.1) is 5.92 Å². The van der Waals surface area contributed by atoms with E-state index in [0.717, 1.165) is 30.2 Å². The van der Waals surface area contributed by atoms with Crippen molar-refractivity contribution in [3.05, 3.63) is 61.8 Å². The Hall–Kier alpha value is -4.41. The number of aromatic nitrogens is 1. The second-order valence-corrected chi connectivity index (χ2v) is 12.7. The van der Waals surface area contributed by atoms with Crippen molar-refractivity contribution in [3.8, 4) is 5.75 Å². The maximum Gasteiger partial charge on any atom is 0.408 e. The molecule has 0 spiro atoms. The number of benzene rings is 1. The number of ether oxygens (including phenoxy) is 2. The Morgan fingerprint density at radius 3 is 2.58 bits per heavy atom. The van der Waals surface area contributed by atoms with Crippen LogP contribution in [0.1, 0.15) is 65.7 Å². The van der Waals surface area contributed by atoms with E-state index < -0.39 is 59.1 Å². The molecular formula is C34H44N4O7. The number of hydrogen-bond acceptors (Lipinski definition) is 7. The van der Waals surface area contributed by atoms with Crippen LogP contribution >= 0.6 is 0 Å². The molecule has 11 heteroatoms. The standard InChI is InChI=1S/C34H44N4O7/c1-6-8-9-10-11-16-26(36-32(43)45-33(3,4)5)30(40)38-21-23(44-28-17-18-35-25-15-13-12-14-24(25)28)19-27(38)29(39)37-34(31(41)42)20-22(34)7-2/h6-7,12-15,17-18,22-23,26-27H,1-2,8-11,16,19-21H2,3-5H3,(H,36,43)(H,37,39)(H,41,42)/t22-,23-,26+,27+,34-/m1/s1. The highest BCUT2D eigenvalue weighted by atomic mass is 16.6. The van der Waals surface area contributed by atoms with E-state index in [1.165, 1.54) is 11.0 Å². The number of carbonyl (C=O) groups excluding carboxylic acids is 3. The van der Waals surface area contributed by atoms with Gasteiger partial charge in [0.2, 0.25) is 11.8 Å². The molecule has 0 unspecified atom stereocenters. The third-order valence-electron chi connectivity index (χ3n) is 8.17. The number of nitrogens with zero attached hydrogens (tertiary/aromatic N) is 2. The molecular weight excluding hydrogens is 576 g/mol. The molecule has 1 saturated carbocycles. The predicted octanol–water partition coefficient (Wildman–Crippen LogP) is 4.76. The number of alkyl carbamates (subject to hydrolysis) is 1. The number of carboxylic acid groups (broad SMARTS) is 1. The van der Waals surface area contributed by atoms with E-state index in [9.17, 15) is 24.3 Å². The zero-order chi connectivity index (χ0) is 32.8. The topological polar surface area (TPSA) is 147 Å². The van der Waals surface area contributed by atoms with E-state index in [1.807, 2.05) is 30.3 Å². The van der Waals surface area contributed by atoms with Crippen molar-refractivity contribution < 1.29 is 33.8 Å². The highest BCUT2D eigenvalue weighted by Gasteiger charge is 2.61. The number of allylic oxidation sites excluding steroid dienone is 1. The minimum Gasteiger partial charge on any atom is -0.488 e. The Bertz CT molecular complexity index is 1430. The van der Waals surface area contributed by atoms with Gasteiger partial charge in [-0.3, -0.25) is 14.6 Å². The van der Waals surface area contributed by atoms with Crippen LogP contribution in [0.4, 0.5) is 4.79 Å². The number of para-hydroxylation sites is 1. The molecule has 2 heterocycles. The van der Waals surface area contributed by atoms with Crippen LogP contribution in [0.15, 0.2) is 61.8 Å². The van der Waals surface area contributed by atoms with E-state index in [-0.39, 0.29) is 19.4 Å². The lowest BCUT2D eigenvalue weighted by molar-refractivity contribution is -0.145. The molecule has 45 heavy (non-hydrogen) atoms. The van der Waals surface area contributed by atoms with Crippen LogP contribution in [0.3, 0.4) is 0 Å². The first kappa shape index (κ1) is 33.5. The van der Waals surface area contributed by atoms with Gasteiger partial charge in [0.25, 0.3) is 0 Å². The van der Waals surface area contributed by atoms with Crippen molar-refractivity contribution >= 4 is 34.8 Å². The van der Waals surface area contributed by atoms with Gasteiger partial charge in [-0.2, -0.15) is 0 Å². The molecule has 5 atom stereocenters. The van der Waals surface area contributed by atoms with Gasteiger partial charge in [-0.05, 0) is 64.7 Å². The van der Waals surface area contributed by atoms with Crippen molar-refractivity contribution in [1.82, 2.24) is 20.5 Å². The molecule has 1 aliphatic heterocycles. The molecule has 0 radical (unpaired) electrons. The highest BCUT2D eigenvalue weighted by Crippen LogP contribution is 2.45. The summed E-state index contributed by atoms with van der Waals surface area (Å²) in [6, 6.07) is 7.23. The molecule has 11 nitrogen and oxygen atoms in total. The van der Waals surface area contributed by atoms with Gasteiger partial charge in [-0.1, -0.05) is 37.1 Å². The van der Waals surface area contributed by atoms with Crippen molar-refractivity contribution in [2.24, 2.45) is 5.92 Å². The molecule has 0 bridgehead atoms. The van der Waals surface area contributed by atoms with E-state index in [1.54, 1.807) is 33.0 Å². The number of rotatable bonds is 14. The zero-order valence-corrected chi connectivity index (χ0v) is 26.3. The van der Waals surface area contributed by atoms with E-state index in [0.29, 0.717) is 18.6 Å². The summed E-state index contributed by atoms with van der Waals surface area (Å²) in [6.45, 7) is 12.7. The smallest absolute Gasteiger partial charge is 0.408 e. The van der Waals surface area contributed by atoms with Crippen LogP contribution in [0.25, 0.3) is 10.9 Å². The predicted molar refractivity (Wildman–Crippen MR) is 170 cm³/mol. The third-order valence-corrected chi connectivity index (χ3v) is 8.17. The lowest BCUT2D eigenvalue weighted by atomic mass is 10.0. The summed E-state index contributed by atoms with van der Waals surface area (Å²) >= 11 is 0. The first-order valence-corrected chi connectivity index (χ1v) is 15.5. The van der Waals surface area contributed by atoms with Gasteiger partial charge < -0.3 is 30.1 Å². The molecule has 2 aliphatic rings. The van der Waals surface area contributed by atoms with Crippen molar-refractivity contribution in [2.75, 3.05) is 6.54 Å². The van der Waals surface area contributed by atoms with Gasteiger partial charge in [-0.25, -0.2) is 9.59 Å². The molecule has 1 saturated heterocycles. The molecule has 1 aromatic carbocycles. The fourth-order valence-electron chi connectivity index (χ4n) is 5.77. The number of nitrogens with one attached hydrogen (secondary N) is 2. The number of likely N-dealkylation sites (tertiary alicyclic amines) is 1. The molecule has 2 fully saturated rings. The van der Waals surface area contributed by atoms with Gasteiger partial charge >= 0.3 is 12.1 Å². The van der Waals surface area contributed by atoms with Gasteiger partial charge in [0.1, 0.15) is 35.1 Å². The minimum absolute atomic E-state index is 0.0570. The van der Waals surface area contributed by atoms with Crippen molar-refractivity contribution in [1.29, 1.82) is 0 Å². The summed E-state index contributed by atoms with van der Waals surface area (Å²) in [4.78, 5) is 58.7. The second-order valence-electron chi connectivity index (χ2n) is 12.7. The number of carbonyl (C=O) groups is 4. The maximum atomic E-state index is 14.2. The summed E-state index contributed by atoms with van der Waals surface area (Å²) in [7, 11) is 0. The number of hydrogen-bond donors (Lipinski definition) is 3. The average molecular weight is 621 g/mol. The Balaban J connectivity index is 1.60. The molecule has 1 aromatic heterocycles. The summed E-state index contributed by atoms with van der Waals surface area (Å²) < 4.78 is 11.8. The quantitative estimate of drug-likeness (QED) is 0.202. The van der Waals surface area contributed by atoms with Crippen LogP contribution < -0.4 is 15.4 Å². The van der Waals surface area contributed by atoms with E-state index in [4.69, 9.17) is 9.47 Å². The van der Waals surface area contributed by atoms with Gasteiger partial charge in [0.05, 0.1) is 12.1 Å². The fourth-order valence-corrected chi connectivity index (χ4v) is 5.77. The normalized spacial score (nSPS) is 23.1. The number of aliphatic carboxylic acids is 1. The Labute approximate surface area is 264 Å². The summed E-state index contributed by atoms with van der Waals surface area (Å²) in [5, 5.41) is 16.1. The number of carboxylic acids is 1. The Morgan fingerprint density at radius 1 is 1.16 bits per heavy atom. The fraction of sp³-hybridized carbons (Fsp3) is 0.500. The van der Waals surface area contributed by atoms with Crippen LogP contribution in [-0.2, 0) is 19.1 Å². The SMILES string of the molecule is C=CCCCCC[C@H](NC(=O)OC(C)(C)C)C(=O)N1C[C@H](Oc2ccnc3ccccc23)C[C@H]1C(=O)N[C@]1(C(=O)O)C[C@H]1C=C. The van der Waals surface area contributed by atoms with Crippen LogP contribution in [-0.4, -0.2) is 74.7 Å². The van der Waals surface area contributed by atoms with Crippen LogP contribution in [0.2, 0.25) is 0 Å². The average Bonchev–Trinajstić information content (AvgIpc) is 3.55. The molecule has 242 valence electrons. The van der Waals surface area contributed by atoms with Gasteiger partial charge in [0.15, 0.2) is 0 Å². The minimum atomic E-state index is -1.47. The number of fused-ring (bicyclic) bond motifs is 1. The number of amides is 3. The lowest BCUT2D eigenvalue weighted by Crippen LogP contribution is -2.56. The monoisotopic (exact) mass is 620 g/mol. The van der Waals surface area contributed by atoms with Crippen LogP contribution in [0.5, 0.6) is 5.75 Å². The molecule has 3 N–H and O–H groups in total. The zero-order valence-electron chi connectivity index (χ0n) is 26.3. The molecule has 3 amide bonds. The van der Waals surface area contributed by atoms with Crippen molar-refractivity contribution in [3.63, 3.8) is 0 Å². The number of pyridine rings is 1. The summed E-state index contributed by atoms with van der Waals surface area (Å²) in [5.74, 6) is -2.08. The second kappa shape index (κ2) is 14.1. The Kier molecular flexibility index (Phi) is 10.5. The first-order chi connectivity index (χ1) is 21.4. The first-order valence-electron chi connectivity index (χ1n) is 15.5. The Morgan fingerprint density at radius 2 is 1.91 bits per heavy atom. The highest BCUT2D eigenvalue weighted by molar-refractivity contribution is 5.96. The number of unbranched alkanes of at least 4 members (excludes halogenated alkanes) is 3. The van der Waals surface area contributed by atoms with E-state index in [2.05, 4.69) is 28.8 Å². The van der Waals surface area contributed by atoms with Gasteiger partial charge in [-0.15, -0.1) is 13.2 Å². The lowest BCUT2D eigenvalue weighted by Gasteiger charge is -2.30.